The number of nitrogens with one attached hydrogen (secondary N) is 2. The fourth-order valence-corrected chi connectivity index (χ4v) is 2.87. The minimum Gasteiger partial charge on any atom is -0.368 e. The monoisotopic (exact) mass is 318 g/mol. The molecule has 3 rings (SSSR count). The third-order valence-electron chi connectivity index (χ3n) is 4.14. The van der Waals surface area contributed by atoms with Gasteiger partial charge in [-0.15, -0.1) is 0 Å². The summed E-state index contributed by atoms with van der Waals surface area (Å²) >= 11 is 0. The number of rotatable bonds is 4. The van der Waals surface area contributed by atoms with Gasteiger partial charge in [0.2, 0.25) is 0 Å². The van der Waals surface area contributed by atoms with E-state index in [1.54, 1.807) is 6.07 Å². The van der Waals surface area contributed by atoms with Gasteiger partial charge in [0.15, 0.2) is 0 Å². The van der Waals surface area contributed by atoms with Crippen LogP contribution in [-0.4, -0.2) is 37.2 Å². The molecule has 1 aromatic carbocycles. The number of amides is 2. The smallest absolute Gasteiger partial charge is 0.253 e. The van der Waals surface area contributed by atoms with Crippen molar-refractivity contribution in [1.82, 2.24) is 0 Å². The Balaban J connectivity index is 1.71. The summed E-state index contributed by atoms with van der Waals surface area (Å²) in [6.07, 6.45) is 2.45. The van der Waals surface area contributed by atoms with Gasteiger partial charge in [0.25, 0.3) is 11.8 Å². The van der Waals surface area contributed by atoms with Crippen molar-refractivity contribution in [2.45, 2.75) is 44.8 Å². The molecule has 0 aromatic heterocycles. The van der Waals surface area contributed by atoms with E-state index >= 15 is 0 Å². The van der Waals surface area contributed by atoms with Crippen LogP contribution in [0.2, 0.25) is 0 Å². The van der Waals surface area contributed by atoms with Gasteiger partial charge in [-0.05, 0) is 50.3 Å². The van der Waals surface area contributed by atoms with Gasteiger partial charge < -0.3 is 20.1 Å². The van der Waals surface area contributed by atoms with E-state index in [9.17, 15) is 9.59 Å². The van der Waals surface area contributed by atoms with Crippen LogP contribution in [-0.2, 0) is 19.1 Å². The van der Waals surface area contributed by atoms with Crippen molar-refractivity contribution >= 4 is 23.2 Å². The first-order valence-corrected chi connectivity index (χ1v) is 8.09. The predicted octanol–water partition coefficient (Wildman–Crippen LogP) is 2.23. The van der Waals surface area contributed by atoms with Crippen LogP contribution in [0, 0.1) is 6.92 Å². The SMILES string of the molecule is Cc1ccc(NC(=O)C2CCCO2)c(NC(=O)C2CCCO2)c1. The molecule has 0 radical (unpaired) electrons. The molecule has 2 fully saturated rings. The molecule has 0 bridgehead atoms. The number of benzene rings is 1. The maximum atomic E-state index is 12.2. The molecular weight excluding hydrogens is 296 g/mol. The van der Waals surface area contributed by atoms with Crippen molar-refractivity contribution < 1.29 is 19.1 Å². The van der Waals surface area contributed by atoms with Gasteiger partial charge in [0, 0.05) is 13.2 Å². The van der Waals surface area contributed by atoms with Gasteiger partial charge in [0.1, 0.15) is 12.2 Å². The van der Waals surface area contributed by atoms with Crippen LogP contribution in [0.3, 0.4) is 0 Å². The third-order valence-corrected chi connectivity index (χ3v) is 4.14. The van der Waals surface area contributed by atoms with E-state index in [-0.39, 0.29) is 11.8 Å². The first kappa shape index (κ1) is 16.0. The van der Waals surface area contributed by atoms with E-state index in [0.29, 0.717) is 24.6 Å². The van der Waals surface area contributed by atoms with Crippen molar-refractivity contribution in [3.05, 3.63) is 23.8 Å². The van der Waals surface area contributed by atoms with Crippen LogP contribution in [0.15, 0.2) is 18.2 Å². The number of carbonyl (C=O) groups excluding carboxylic acids is 2. The molecule has 6 nitrogen and oxygen atoms in total. The van der Waals surface area contributed by atoms with E-state index < -0.39 is 12.2 Å². The maximum Gasteiger partial charge on any atom is 0.253 e. The minimum absolute atomic E-state index is 0.166. The second-order valence-electron chi connectivity index (χ2n) is 6.03. The Morgan fingerprint density at radius 1 is 0.957 bits per heavy atom. The van der Waals surface area contributed by atoms with E-state index in [1.807, 2.05) is 19.1 Å². The Morgan fingerprint density at radius 2 is 1.52 bits per heavy atom. The van der Waals surface area contributed by atoms with Gasteiger partial charge >= 0.3 is 0 Å². The molecule has 1 aromatic rings. The highest BCUT2D eigenvalue weighted by molar-refractivity contribution is 6.02. The first-order valence-electron chi connectivity index (χ1n) is 8.09. The molecule has 2 N–H and O–H groups in total. The van der Waals surface area contributed by atoms with Crippen LogP contribution in [0.5, 0.6) is 0 Å². The molecule has 0 saturated carbocycles. The second kappa shape index (κ2) is 7.10. The molecule has 2 amide bonds. The number of ether oxygens (including phenoxy) is 2. The molecule has 0 aliphatic carbocycles. The number of aryl methyl sites for hydroxylation is 1. The Labute approximate surface area is 135 Å². The third kappa shape index (κ3) is 3.89. The topological polar surface area (TPSA) is 76.7 Å². The largest absolute Gasteiger partial charge is 0.368 e. The molecule has 124 valence electrons. The summed E-state index contributed by atoms with van der Waals surface area (Å²) in [6, 6.07) is 5.54. The quantitative estimate of drug-likeness (QED) is 0.892. The van der Waals surface area contributed by atoms with E-state index in [1.165, 1.54) is 0 Å². The summed E-state index contributed by atoms with van der Waals surface area (Å²) < 4.78 is 10.8. The first-order chi connectivity index (χ1) is 11.1. The number of anilines is 2. The Kier molecular flexibility index (Phi) is 4.93. The number of hydrogen-bond donors (Lipinski definition) is 2. The van der Waals surface area contributed by atoms with Crippen LogP contribution in [0.4, 0.5) is 11.4 Å². The highest BCUT2D eigenvalue weighted by Crippen LogP contribution is 2.26. The Hall–Kier alpha value is -1.92. The summed E-state index contributed by atoms with van der Waals surface area (Å²) in [5, 5.41) is 5.73. The molecule has 6 heteroatoms. The highest BCUT2D eigenvalue weighted by atomic mass is 16.5. The lowest BCUT2D eigenvalue weighted by Crippen LogP contribution is -2.29. The highest BCUT2D eigenvalue weighted by Gasteiger charge is 2.26. The zero-order valence-electron chi connectivity index (χ0n) is 13.3. The zero-order chi connectivity index (χ0) is 16.2. The van der Waals surface area contributed by atoms with Gasteiger partial charge in [-0.25, -0.2) is 0 Å². The van der Waals surface area contributed by atoms with Gasteiger partial charge in [-0.2, -0.15) is 0 Å². The second-order valence-corrected chi connectivity index (χ2v) is 6.03. The van der Waals surface area contributed by atoms with E-state index in [2.05, 4.69) is 10.6 Å². The molecule has 2 atom stereocenters. The summed E-state index contributed by atoms with van der Waals surface area (Å²) in [5.41, 5.74) is 2.18. The molecule has 2 saturated heterocycles. The van der Waals surface area contributed by atoms with Crippen LogP contribution in [0.25, 0.3) is 0 Å². The standard InChI is InChI=1S/C17H22N2O4/c1-11-6-7-12(18-16(20)14-4-2-8-22-14)13(10-11)19-17(21)15-5-3-9-23-15/h6-7,10,14-15H,2-5,8-9H2,1H3,(H,18,20)(H,19,21). The Bertz CT molecular complexity index is 590. The minimum atomic E-state index is -0.405. The van der Waals surface area contributed by atoms with Crippen molar-refractivity contribution in [1.29, 1.82) is 0 Å². The zero-order valence-corrected chi connectivity index (χ0v) is 13.3. The molecule has 23 heavy (non-hydrogen) atoms. The molecule has 2 aliphatic heterocycles. The molecular formula is C17H22N2O4. The lowest BCUT2D eigenvalue weighted by Gasteiger charge is -2.17. The van der Waals surface area contributed by atoms with Crippen LogP contribution < -0.4 is 10.6 Å². The fourth-order valence-electron chi connectivity index (χ4n) is 2.87. The molecule has 0 spiro atoms. The van der Waals surface area contributed by atoms with E-state index in [4.69, 9.17) is 9.47 Å². The molecule has 2 aliphatic rings. The lowest BCUT2D eigenvalue weighted by molar-refractivity contribution is -0.125. The van der Waals surface area contributed by atoms with Crippen LogP contribution in [0.1, 0.15) is 31.2 Å². The van der Waals surface area contributed by atoms with Gasteiger partial charge in [-0.3, -0.25) is 9.59 Å². The summed E-state index contributed by atoms with van der Waals surface area (Å²) in [5.74, 6) is -0.334. The van der Waals surface area contributed by atoms with Gasteiger partial charge in [-0.1, -0.05) is 6.07 Å². The average molecular weight is 318 g/mol. The predicted molar refractivity (Wildman–Crippen MR) is 86.4 cm³/mol. The van der Waals surface area contributed by atoms with Crippen LogP contribution >= 0.6 is 0 Å². The van der Waals surface area contributed by atoms with Gasteiger partial charge in [0.05, 0.1) is 11.4 Å². The summed E-state index contributed by atoms with van der Waals surface area (Å²) in [6.45, 7) is 3.18. The summed E-state index contributed by atoms with van der Waals surface area (Å²) in [7, 11) is 0. The van der Waals surface area contributed by atoms with Crippen molar-refractivity contribution in [3.63, 3.8) is 0 Å². The molecule has 2 heterocycles. The molecule has 2 unspecified atom stereocenters. The maximum absolute atomic E-state index is 12.2. The average Bonchev–Trinajstić information content (AvgIpc) is 3.23. The van der Waals surface area contributed by atoms with Crippen molar-refractivity contribution in [2.24, 2.45) is 0 Å². The summed E-state index contributed by atoms with van der Waals surface area (Å²) in [4.78, 5) is 24.5. The Morgan fingerprint density at radius 3 is 2.04 bits per heavy atom. The normalized spacial score (nSPS) is 23.7. The van der Waals surface area contributed by atoms with Crippen molar-refractivity contribution in [2.75, 3.05) is 23.8 Å². The van der Waals surface area contributed by atoms with Crippen molar-refractivity contribution in [3.8, 4) is 0 Å². The number of carbonyl (C=O) groups is 2. The lowest BCUT2D eigenvalue weighted by atomic mass is 10.1. The number of hydrogen-bond acceptors (Lipinski definition) is 4. The van der Waals surface area contributed by atoms with E-state index in [0.717, 1.165) is 31.2 Å². The fraction of sp³-hybridized carbons (Fsp3) is 0.529.